The summed E-state index contributed by atoms with van der Waals surface area (Å²) in [5.74, 6) is 0. The van der Waals surface area contributed by atoms with E-state index in [9.17, 15) is 0 Å². The lowest BCUT2D eigenvalue weighted by atomic mass is 9.93. The van der Waals surface area contributed by atoms with E-state index in [1.54, 1.807) is 0 Å². The molecule has 1 saturated carbocycles. The SMILES string of the molecule is CC(C)=CCOCC1(N)CCCCCC1. The quantitative estimate of drug-likeness (QED) is 0.441. The summed E-state index contributed by atoms with van der Waals surface area (Å²) in [6, 6.07) is 0. The molecule has 0 unspecified atom stereocenters. The van der Waals surface area contributed by atoms with E-state index in [2.05, 4.69) is 19.9 Å². The van der Waals surface area contributed by atoms with Gasteiger partial charge in [-0.25, -0.2) is 0 Å². The molecule has 1 fully saturated rings. The van der Waals surface area contributed by atoms with E-state index in [0.717, 1.165) is 19.4 Å². The van der Waals surface area contributed by atoms with Gasteiger partial charge in [0.15, 0.2) is 0 Å². The molecule has 88 valence electrons. The van der Waals surface area contributed by atoms with Crippen LogP contribution in [-0.2, 0) is 4.74 Å². The highest BCUT2D eigenvalue weighted by Crippen LogP contribution is 2.25. The van der Waals surface area contributed by atoms with Crippen LogP contribution in [0.15, 0.2) is 11.6 Å². The lowest BCUT2D eigenvalue weighted by Gasteiger charge is -2.27. The molecule has 1 aliphatic rings. The topological polar surface area (TPSA) is 35.2 Å². The second-order valence-corrected chi connectivity index (χ2v) is 5.07. The Kier molecular flexibility index (Phi) is 5.34. The number of allylic oxidation sites excluding steroid dienone is 1. The molecule has 0 aromatic rings. The van der Waals surface area contributed by atoms with E-state index < -0.39 is 0 Å². The molecular weight excluding hydrogens is 186 g/mol. The van der Waals surface area contributed by atoms with Crippen molar-refractivity contribution in [3.8, 4) is 0 Å². The maximum atomic E-state index is 6.33. The molecule has 0 bridgehead atoms. The van der Waals surface area contributed by atoms with Gasteiger partial charge in [-0.2, -0.15) is 0 Å². The van der Waals surface area contributed by atoms with Crippen molar-refractivity contribution in [1.82, 2.24) is 0 Å². The minimum absolute atomic E-state index is 0.0496. The van der Waals surface area contributed by atoms with Gasteiger partial charge < -0.3 is 10.5 Å². The molecule has 0 aromatic heterocycles. The van der Waals surface area contributed by atoms with Crippen molar-refractivity contribution in [2.75, 3.05) is 13.2 Å². The van der Waals surface area contributed by atoms with Gasteiger partial charge in [0.2, 0.25) is 0 Å². The first-order chi connectivity index (χ1) is 7.12. The third kappa shape index (κ3) is 5.33. The second-order valence-electron chi connectivity index (χ2n) is 5.07. The highest BCUT2D eigenvalue weighted by Gasteiger charge is 2.25. The highest BCUT2D eigenvalue weighted by atomic mass is 16.5. The smallest absolute Gasteiger partial charge is 0.0650 e. The Morgan fingerprint density at radius 2 is 1.80 bits per heavy atom. The van der Waals surface area contributed by atoms with Crippen LogP contribution in [-0.4, -0.2) is 18.8 Å². The van der Waals surface area contributed by atoms with E-state index in [1.807, 2.05) is 0 Å². The molecule has 0 atom stereocenters. The molecule has 1 aliphatic carbocycles. The zero-order valence-corrected chi connectivity index (χ0v) is 10.2. The van der Waals surface area contributed by atoms with Crippen LogP contribution in [0.2, 0.25) is 0 Å². The van der Waals surface area contributed by atoms with Gasteiger partial charge in [-0.1, -0.05) is 37.3 Å². The third-order valence-corrected chi connectivity index (χ3v) is 3.10. The van der Waals surface area contributed by atoms with Crippen LogP contribution < -0.4 is 5.73 Å². The zero-order valence-electron chi connectivity index (χ0n) is 10.2. The van der Waals surface area contributed by atoms with Gasteiger partial charge in [-0.3, -0.25) is 0 Å². The van der Waals surface area contributed by atoms with Gasteiger partial charge in [0.05, 0.1) is 13.2 Å². The summed E-state index contributed by atoms with van der Waals surface area (Å²) in [4.78, 5) is 0. The van der Waals surface area contributed by atoms with E-state index in [1.165, 1.54) is 31.3 Å². The third-order valence-electron chi connectivity index (χ3n) is 3.10. The maximum Gasteiger partial charge on any atom is 0.0650 e. The van der Waals surface area contributed by atoms with Gasteiger partial charge in [-0.05, 0) is 26.7 Å². The summed E-state index contributed by atoms with van der Waals surface area (Å²) in [7, 11) is 0. The Balaban J connectivity index is 2.25. The number of ether oxygens (including phenoxy) is 1. The normalized spacial score (nSPS) is 20.7. The van der Waals surface area contributed by atoms with Crippen LogP contribution in [0.25, 0.3) is 0 Å². The number of hydrogen-bond donors (Lipinski definition) is 1. The van der Waals surface area contributed by atoms with Crippen molar-refractivity contribution < 1.29 is 4.74 Å². The number of nitrogens with two attached hydrogens (primary N) is 1. The molecule has 0 heterocycles. The molecule has 2 heteroatoms. The van der Waals surface area contributed by atoms with Crippen LogP contribution in [0.5, 0.6) is 0 Å². The molecule has 2 nitrogen and oxygen atoms in total. The second kappa shape index (κ2) is 6.29. The molecule has 0 spiro atoms. The van der Waals surface area contributed by atoms with Crippen molar-refractivity contribution in [2.24, 2.45) is 5.73 Å². The van der Waals surface area contributed by atoms with Crippen LogP contribution in [0, 0.1) is 0 Å². The Morgan fingerprint density at radius 3 is 2.33 bits per heavy atom. The summed E-state index contributed by atoms with van der Waals surface area (Å²) >= 11 is 0. The maximum absolute atomic E-state index is 6.33. The lowest BCUT2D eigenvalue weighted by molar-refractivity contribution is 0.0972. The predicted molar refractivity (Wildman–Crippen MR) is 64.9 cm³/mol. The standard InChI is InChI=1S/C13H25NO/c1-12(2)7-10-15-11-13(14)8-5-3-4-6-9-13/h7H,3-6,8-11,14H2,1-2H3. The summed E-state index contributed by atoms with van der Waals surface area (Å²) in [5, 5.41) is 0. The Bertz CT molecular complexity index is 199. The summed E-state index contributed by atoms with van der Waals surface area (Å²) in [5.41, 5.74) is 7.59. The fourth-order valence-corrected chi connectivity index (χ4v) is 2.06. The first-order valence-corrected chi connectivity index (χ1v) is 6.12. The Morgan fingerprint density at radius 1 is 1.20 bits per heavy atom. The summed E-state index contributed by atoms with van der Waals surface area (Å²) in [6.07, 6.45) is 9.58. The number of hydrogen-bond acceptors (Lipinski definition) is 2. The molecular formula is C13H25NO. The molecule has 0 saturated heterocycles. The van der Waals surface area contributed by atoms with Crippen LogP contribution in [0.4, 0.5) is 0 Å². The molecule has 0 aromatic carbocycles. The number of rotatable bonds is 4. The van der Waals surface area contributed by atoms with Crippen molar-refractivity contribution in [2.45, 2.75) is 57.9 Å². The molecule has 0 aliphatic heterocycles. The largest absolute Gasteiger partial charge is 0.375 e. The van der Waals surface area contributed by atoms with Crippen molar-refractivity contribution in [3.63, 3.8) is 0 Å². The van der Waals surface area contributed by atoms with E-state index >= 15 is 0 Å². The fourth-order valence-electron chi connectivity index (χ4n) is 2.06. The Hall–Kier alpha value is -0.340. The van der Waals surface area contributed by atoms with Gasteiger partial charge in [0.1, 0.15) is 0 Å². The van der Waals surface area contributed by atoms with E-state index in [-0.39, 0.29) is 5.54 Å². The lowest BCUT2D eigenvalue weighted by Crippen LogP contribution is -2.44. The van der Waals surface area contributed by atoms with Crippen molar-refractivity contribution in [3.05, 3.63) is 11.6 Å². The Labute approximate surface area is 93.9 Å². The van der Waals surface area contributed by atoms with Crippen molar-refractivity contribution in [1.29, 1.82) is 0 Å². The van der Waals surface area contributed by atoms with Crippen LogP contribution in [0.3, 0.4) is 0 Å². The van der Waals surface area contributed by atoms with E-state index in [0.29, 0.717) is 6.61 Å². The molecule has 0 amide bonds. The van der Waals surface area contributed by atoms with Gasteiger partial charge in [0.25, 0.3) is 0 Å². The molecule has 1 rings (SSSR count). The zero-order chi connectivity index (χ0) is 11.1. The molecule has 2 N–H and O–H groups in total. The summed E-state index contributed by atoms with van der Waals surface area (Å²) in [6.45, 7) is 5.61. The summed E-state index contributed by atoms with van der Waals surface area (Å²) < 4.78 is 5.64. The minimum atomic E-state index is -0.0496. The van der Waals surface area contributed by atoms with Crippen molar-refractivity contribution >= 4 is 0 Å². The van der Waals surface area contributed by atoms with Crippen LogP contribution >= 0.6 is 0 Å². The molecule has 0 radical (unpaired) electrons. The average Bonchev–Trinajstić information content (AvgIpc) is 2.38. The minimum Gasteiger partial charge on any atom is -0.375 e. The average molecular weight is 211 g/mol. The first kappa shape index (κ1) is 12.7. The molecule has 15 heavy (non-hydrogen) atoms. The van der Waals surface area contributed by atoms with Gasteiger partial charge in [-0.15, -0.1) is 0 Å². The van der Waals surface area contributed by atoms with Crippen LogP contribution in [0.1, 0.15) is 52.4 Å². The van der Waals surface area contributed by atoms with E-state index in [4.69, 9.17) is 10.5 Å². The first-order valence-electron chi connectivity index (χ1n) is 6.12. The highest BCUT2D eigenvalue weighted by molar-refractivity contribution is 4.93. The van der Waals surface area contributed by atoms with Gasteiger partial charge >= 0.3 is 0 Å². The monoisotopic (exact) mass is 211 g/mol. The fraction of sp³-hybridized carbons (Fsp3) is 0.846. The predicted octanol–water partition coefficient (Wildman–Crippen LogP) is 3.02. The van der Waals surface area contributed by atoms with Gasteiger partial charge in [0, 0.05) is 5.54 Å².